The van der Waals surface area contributed by atoms with Crippen LogP contribution in [0, 0.1) is 26.2 Å². The van der Waals surface area contributed by atoms with Crippen molar-refractivity contribution in [2.75, 3.05) is 6.54 Å². The van der Waals surface area contributed by atoms with E-state index in [4.69, 9.17) is 6.42 Å². The number of phenols is 1. The molecule has 0 spiro atoms. The summed E-state index contributed by atoms with van der Waals surface area (Å²) >= 11 is 0. The van der Waals surface area contributed by atoms with E-state index in [9.17, 15) is 5.11 Å². The van der Waals surface area contributed by atoms with Crippen LogP contribution in [0.1, 0.15) is 23.1 Å². The smallest absolute Gasteiger partial charge is 0.121 e. The molecule has 2 N–H and O–H groups in total. The number of phenolic OH excluding ortho intramolecular Hbond substituents is 1. The average molecular weight is 203 g/mol. The van der Waals surface area contributed by atoms with Crippen molar-refractivity contribution in [2.45, 2.75) is 26.8 Å². The van der Waals surface area contributed by atoms with Gasteiger partial charge in [0.1, 0.15) is 5.75 Å². The molecule has 0 saturated carbocycles. The minimum absolute atomic E-state index is 0.391. The molecule has 0 saturated heterocycles. The summed E-state index contributed by atoms with van der Waals surface area (Å²) in [5, 5.41) is 12.8. The zero-order chi connectivity index (χ0) is 11.3. The Morgan fingerprint density at radius 3 is 2.47 bits per heavy atom. The van der Waals surface area contributed by atoms with Crippen molar-refractivity contribution in [1.82, 2.24) is 5.32 Å². The fraction of sp³-hybridized carbons (Fsp3) is 0.385. The molecule has 0 fully saturated rings. The highest BCUT2D eigenvalue weighted by Crippen LogP contribution is 2.22. The van der Waals surface area contributed by atoms with Crippen molar-refractivity contribution in [3.8, 4) is 18.1 Å². The fourth-order valence-corrected chi connectivity index (χ4v) is 1.54. The Bertz CT molecular complexity index is 354. The summed E-state index contributed by atoms with van der Waals surface area (Å²) in [7, 11) is 0. The van der Waals surface area contributed by atoms with Crippen LogP contribution in [0.4, 0.5) is 0 Å². The molecule has 0 aliphatic carbocycles. The molecule has 1 aromatic carbocycles. The van der Waals surface area contributed by atoms with Gasteiger partial charge in [0.15, 0.2) is 0 Å². The molecular weight excluding hydrogens is 186 g/mol. The summed E-state index contributed by atoms with van der Waals surface area (Å²) in [4.78, 5) is 0. The molecule has 2 heteroatoms. The first-order valence-electron chi connectivity index (χ1n) is 5.08. The van der Waals surface area contributed by atoms with Gasteiger partial charge in [0, 0.05) is 19.5 Å². The van der Waals surface area contributed by atoms with Crippen LogP contribution in [0.5, 0.6) is 5.75 Å². The van der Waals surface area contributed by atoms with Crippen molar-refractivity contribution in [3.05, 3.63) is 28.8 Å². The van der Waals surface area contributed by atoms with E-state index in [0.29, 0.717) is 5.75 Å². The molecule has 0 aliphatic heterocycles. The molecule has 0 amide bonds. The molecule has 0 aromatic heterocycles. The zero-order valence-electron chi connectivity index (χ0n) is 9.30. The first-order valence-corrected chi connectivity index (χ1v) is 5.08. The molecule has 0 atom stereocenters. The molecule has 15 heavy (non-hydrogen) atoms. The molecule has 0 unspecified atom stereocenters. The molecule has 0 bridgehead atoms. The maximum absolute atomic E-state index is 9.59. The average Bonchev–Trinajstić information content (AvgIpc) is 2.21. The first kappa shape index (κ1) is 11.6. The molecule has 0 heterocycles. The molecule has 80 valence electrons. The maximum Gasteiger partial charge on any atom is 0.121 e. The van der Waals surface area contributed by atoms with E-state index in [-0.39, 0.29) is 0 Å². The van der Waals surface area contributed by atoms with Crippen LogP contribution < -0.4 is 5.32 Å². The lowest BCUT2D eigenvalue weighted by molar-refractivity contribution is 0.466. The number of terminal acetylenes is 1. The van der Waals surface area contributed by atoms with Gasteiger partial charge in [0.2, 0.25) is 0 Å². The van der Waals surface area contributed by atoms with Gasteiger partial charge in [-0.1, -0.05) is 12.1 Å². The Labute approximate surface area is 91.3 Å². The van der Waals surface area contributed by atoms with Crippen LogP contribution in [0.3, 0.4) is 0 Å². The summed E-state index contributed by atoms with van der Waals surface area (Å²) < 4.78 is 0. The van der Waals surface area contributed by atoms with E-state index in [1.54, 1.807) is 0 Å². The Morgan fingerprint density at radius 2 is 1.93 bits per heavy atom. The molecule has 2 nitrogen and oxygen atoms in total. The van der Waals surface area contributed by atoms with Crippen LogP contribution in [-0.4, -0.2) is 11.7 Å². The molecule has 1 aromatic rings. The van der Waals surface area contributed by atoms with Crippen LogP contribution in [0.25, 0.3) is 0 Å². The summed E-state index contributed by atoms with van der Waals surface area (Å²) in [6.07, 6.45) is 5.90. The topological polar surface area (TPSA) is 32.3 Å². The van der Waals surface area contributed by atoms with Gasteiger partial charge in [0.25, 0.3) is 0 Å². The Balaban J connectivity index is 2.59. The monoisotopic (exact) mass is 203 g/mol. The highest BCUT2D eigenvalue weighted by atomic mass is 16.3. The summed E-state index contributed by atoms with van der Waals surface area (Å²) in [5.41, 5.74) is 3.02. The quantitative estimate of drug-likeness (QED) is 0.580. The van der Waals surface area contributed by atoms with E-state index in [0.717, 1.165) is 30.6 Å². The second-order valence-electron chi connectivity index (χ2n) is 3.71. The van der Waals surface area contributed by atoms with Gasteiger partial charge >= 0.3 is 0 Å². The van der Waals surface area contributed by atoms with Crippen LogP contribution in [-0.2, 0) is 6.54 Å². The number of rotatable bonds is 4. The largest absolute Gasteiger partial charge is 0.507 e. The lowest BCUT2D eigenvalue weighted by Crippen LogP contribution is -2.14. The molecule has 0 aliphatic rings. The minimum atomic E-state index is 0.391. The maximum atomic E-state index is 9.59. The number of aryl methyl sites for hydroxylation is 2. The Kier molecular flexibility index (Phi) is 4.20. The van der Waals surface area contributed by atoms with Crippen molar-refractivity contribution >= 4 is 0 Å². The van der Waals surface area contributed by atoms with E-state index in [1.807, 2.05) is 26.0 Å². The molecule has 1 rings (SSSR count). The number of benzene rings is 1. The number of hydrogen-bond donors (Lipinski definition) is 2. The predicted molar refractivity (Wildman–Crippen MR) is 62.7 cm³/mol. The lowest BCUT2D eigenvalue weighted by atomic mass is 10.1. The summed E-state index contributed by atoms with van der Waals surface area (Å²) in [5.74, 6) is 2.97. The zero-order valence-corrected chi connectivity index (χ0v) is 9.30. The highest BCUT2D eigenvalue weighted by Gasteiger charge is 2.02. The fourth-order valence-electron chi connectivity index (χ4n) is 1.54. The van der Waals surface area contributed by atoms with Gasteiger partial charge in [0.05, 0.1) is 0 Å². The van der Waals surface area contributed by atoms with E-state index < -0.39 is 0 Å². The van der Waals surface area contributed by atoms with Gasteiger partial charge < -0.3 is 10.4 Å². The van der Waals surface area contributed by atoms with Crippen LogP contribution in [0.15, 0.2) is 12.1 Å². The number of nitrogens with one attached hydrogen (secondary N) is 1. The van der Waals surface area contributed by atoms with Gasteiger partial charge in [-0.2, -0.15) is 0 Å². The van der Waals surface area contributed by atoms with E-state index in [2.05, 4.69) is 11.2 Å². The third-order valence-electron chi connectivity index (χ3n) is 2.33. The van der Waals surface area contributed by atoms with E-state index in [1.165, 1.54) is 5.56 Å². The van der Waals surface area contributed by atoms with E-state index >= 15 is 0 Å². The normalized spacial score (nSPS) is 9.93. The SMILES string of the molecule is C#CCCNCc1cc(C)c(O)c(C)c1. The Morgan fingerprint density at radius 1 is 1.33 bits per heavy atom. The third kappa shape index (κ3) is 3.30. The molecular formula is C13H17NO. The third-order valence-corrected chi connectivity index (χ3v) is 2.33. The van der Waals surface area contributed by atoms with Crippen LogP contribution >= 0.6 is 0 Å². The second kappa shape index (κ2) is 5.43. The van der Waals surface area contributed by atoms with Gasteiger partial charge in [-0.15, -0.1) is 12.3 Å². The second-order valence-corrected chi connectivity index (χ2v) is 3.71. The van der Waals surface area contributed by atoms with Crippen molar-refractivity contribution in [3.63, 3.8) is 0 Å². The van der Waals surface area contributed by atoms with Gasteiger partial charge in [-0.3, -0.25) is 0 Å². The van der Waals surface area contributed by atoms with Gasteiger partial charge in [-0.25, -0.2) is 0 Å². The van der Waals surface area contributed by atoms with Crippen LogP contribution in [0.2, 0.25) is 0 Å². The first-order chi connectivity index (χ1) is 7.15. The summed E-state index contributed by atoms with van der Waals surface area (Å²) in [6, 6.07) is 3.98. The number of aromatic hydroxyl groups is 1. The van der Waals surface area contributed by atoms with Gasteiger partial charge in [-0.05, 0) is 30.5 Å². The lowest BCUT2D eigenvalue weighted by Gasteiger charge is -2.08. The highest BCUT2D eigenvalue weighted by molar-refractivity contribution is 5.42. The van der Waals surface area contributed by atoms with Crippen molar-refractivity contribution in [1.29, 1.82) is 0 Å². The minimum Gasteiger partial charge on any atom is -0.507 e. The standard InChI is InChI=1S/C13H17NO/c1-4-5-6-14-9-12-7-10(2)13(15)11(3)8-12/h1,7-8,14-15H,5-6,9H2,2-3H3. The predicted octanol–water partition coefficient (Wildman–Crippen LogP) is 2.12. The number of hydrogen-bond acceptors (Lipinski definition) is 2. The van der Waals surface area contributed by atoms with Crippen molar-refractivity contribution in [2.24, 2.45) is 0 Å². The summed E-state index contributed by atoms with van der Waals surface area (Å²) in [6.45, 7) is 5.44. The molecule has 0 radical (unpaired) electrons. The Hall–Kier alpha value is -1.46. The van der Waals surface area contributed by atoms with Crippen molar-refractivity contribution < 1.29 is 5.11 Å².